The van der Waals surface area contributed by atoms with Gasteiger partial charge in [0, 0.05) is 48.3 Å². The number of ether oxygens (including phenoxy) is 2. The van der Waals surface area contributed by atoms with Crippen LogP contribution in [0, 0.1) is 0 Å². The van der Waals surface area contributed by atoms with Crippen LogP contribution in [-0.2, 0) is 9.47 Å². The van der Waals surface area contributed by atoms with E-state index in [-0.39, 0.29) is 13.2 Å². The number of hydrogen-bond donors (Lipinski definition) is 2. The van der Waals surface area contributed by atoms with Crippen molar-refractivity contribution in [1.82, 2.24) is 19.9 Å². The van der Waals surface area contributed by atoms with E-state index in [9.17, 15) is 9.59 Å². The Morgan fingerprint density at radius 1 is 0.719 bits per heavy atom. The fourth-order valence-electron chi connectivity index (χ4n) is 3.59. The molecule has 0 fully saturated rings. The van der Waals surface area contributed by atoms with Crippen LogP contribution in [0.4, 0.5) is 0 Å². The van der Waals surface area contributed by atoms with Gasteiger partial charge in [-0.2, -0.15) is 0 Å². The van der Waals surface area contributed by atoms with Gasteiger partial charge < -0.3 is 19.4 Å². The lowest BCUT2D eigenvalue weighted by molar-refractivity contribution is 0.0516. The maximum absolute atomic E-state index is 13.0. The van der Waals surface area contributed by atoms with Crippen LogP contribution in [0.5, 0.6) is 0 Å². The molecule has 4 aromatic heterocycles. The van der Waals surface area contributed by atoms with Crippen LogP contribution in [0.25, 0.3) is 33.6 Å². The third kappa shape index (κ3) is 3.90. The van der Waals surface area contributed by atoms with Crippen molar-refractivity contribution in [2.75, 3.05) is 13.2 Å². The minimum absolute atomic E-state index is 0.219. The molecule has 0 atom stereocenters. The van der Waals surface area contributed by atoms with Gasteiger partial charge in [-0.25, -0.2) is 9.59 Å². The lowest BCUT2D eigenvalue weighted by Crippen LogP contribution is -2.10. The van der Waals surface area contributed by atoms with Gasteiger partial charge in [0.2, 0.25) is 0 Å². The van der Waals surface area contributed by atoms with E-state index < -0.39 is 11.9 Å². The third-order valence-corrected chi connectivity index (χ3v) is 4.95. The van der Waals surface area contributed by atoms with Crippen LogP contribution in [0.1, 0.15) is 34.6 Å². The average Bonchev–Trinajstić information content (AvgIpc) is 3.45. The Balaban J connectivity index is 1.94. The topological polar surface area (TPSA) is 110 Å². The first-order valence-corrected chi connectivity index (χ1v) is 10.2. The Hall–Kier alpha value is -4.20. The van der Waals surface area contributed by atoms with E-state index in [0.717, 1.165) is 11.1 Å². The number of esters is 2. The highest BCUT2D eigenvalue weighted by atomic mass is 16.5. The highest BCUT2D eigenvalue weighted by Crippen LogP contribution is 2.37. The number of H-pyrrole nitrogens is 2. The molecular formula is C24H22N4O4. The van der Waals surface area contributed by atoms with Gasteiger partial charge in [0.05, 0.1) is 35.7 Å². The molecule has 0 aliphatic rings. The molecule has 0 saturated heterocycles. The standard InChI is InChI=1S/C24H22N4O4/c1-3-31-23(29)19-17(15-5-9-25-10-6-15)13-27-21(19)22-20(24(30)32-4-2)18(14-28-22)16-7-11-26-12-8-16/h5-14,27-28H,3-4H2,1-2H3. The normalized spacial score (nSPS) is 10.7. The zero-order valence-corrected chi connectivity index (χ0v) is 17.7. The molecular weight excluding hydrogens is 408 g/mol. The lowest BCUT2D eigenvalue weighted by Gasteiger charge is -2.10. The summed E-state index contributed by atoms with van der Waals surface area (Å²) in [6, 6.07) is 7.22. The summed E-state index contributed by atoms with van der Waals surface area (Å²) in [6.07, 6.45) is 10.0. The predicted molar refractivity (Wildman–Crippen MR) is 119 cm³/mol. The maximum atomic E-state index is 13.0. The molecule has 4 aromatic rings. The number of nitrogens with one attached hydrogen (secondary N) is 2. The summed E-state index contributed by atoms with van der Waals surface area (Å²) >= 11 is 0. The summed E-state index contributed by atoms with van der Waals surface area (Å²) in [5.74, 6) is -0.990. The van der Waals surface area contributed by atoms with Crippen LogP contribution in [0.2, 0.25) is 0 Å². The van der Waals surface area contributed by atoms with Crippen LogP contribution in [-0.4, -0.2) is 45.1 Å². The predicted octanol–water partition coefficient (Wildman–Crippen LogP) is 4.49. The first kappa shape index (κ1) is 21.0. The van der Waals surface area contributed by atoms with Gasteiger partial charge in [0.25, 0.3) is 0 Å². The fourth-order valence-corrected chi connectivity index (χ4v) is 3.59. The van der Waals surface area contributed by atoms with Crippen molar-refractivity contribution in [3.63, 3.8) is 0 Å². The summed E-state index contributed by atoms with van der Waals surface area (Å²) in [4.78, 5) is 40.4. The number of nitrogens with zero attached hydrogens (tertiary/aromatic N) is 2. The maximum Gasteiger partial charge on any atom is 0.341 e. The van der Waals surface area contributed by atoms with Gasteiger partial charge in [-0.3, -0.25) is 9.97 Å². The molecule has 0 aliphatic carbocycles. The Bertz CT molecular complexity index is 1130. The van der Waals surface area contributed by atoms with Crippen LogP contribution >= 0.6 is 0 Å². The average molecular weight is 430 g/mol. The van der Waals surface area contributed by atoms with Crippen LogP contribution in [0.15, 0.2) is 61.4 Å². The highest BCUT2D eigenvalue weighted by molar-refractivity contribution is 6.08. The molecule has 0 saturated carbocycles. The van der Waals surface area contributed by atoms with Gasteiger partial charge in [0.15, 0.2) is 0 Å². The summed E-state index contributed by atoms with van der Waals surface area (Å²) in [5, 5.41) is 0. The second-order valence-electron chi connectivity index (χ2n) is 6.82. The molecule has 0 aliphatic heterocycles. The summed E-state index contributed by atoms with van der Waals surface area (Å²) in [7, 11) is 0. The summed E-state index contributed by atoms with van der Waals surface area (Å²) in [5.41, 5.74) is 4.43. The number of hydrogen-bond acceptors (Lipinski definition) is 6. The molecule has 0 aromatic carbocycles. The van der Waals surface area contributed by atoms with Crippen molar-refractivity contribution >= 4 is 11.9 Å². The molecule has 4 rings (SSSR count). The molecule has 0 amide bonds. The van der Waals surface area contributed by atoms with E-state index in [2.05, 4.69) is 19.9 Å². The Morgan fingerprint density at radius 3 is 1.44 bits per heavy atom. The van der Waals surface area contributed by atoms with Gasteiger partial charge in [-0.05, 0) is 49.2 Å². The Kier molecular flexibility index (Phi) is 6.12. The van der Waals surface area contributed by atoms with Crippen molar-refractivity contribution in [2.45, 2.75) is 13.8 Å². The summed E-state index contributed by atoms with van der Waals surface area (Å²) in [6.45, 7) is 3.93. The smallest absolute Gasteiger partial charge is 0.341 e. The lowest BCUT2D eigenvalue weighted by atomic mass is 9.99. The quantitative estimate of drug-likeness (QED) is 0.418. The monoisotopic (exact) mass is 430 g/mol. The minimum atomic E-state index is -0.495. The van der Waals surface area contributed by atoms with Gasteiger partial charge in [-0.1, -0.05) is 0 Å². The summed E-state index contributed by atoms with van der Waals surface area (Å²) < 4.78 is 10.7. The number of pyridine rings is 2. The zero-order chi connectivity index (χ0) is 22.5. The van der Waals surface area contributed by atoms with Crippen molar-refractivity contribution in [1.29, 1.82) is 0 Å². The second-order valence-corrected chi connectivity index (χ2v) is 6.82. The van der Waals surface area contributed by atoms with Crippen LogP contribution in [0.3, 0.4) is 0 Å². The molecule has 0 spiro atoms. The highest BCUT2D eigenvalue weighted by Gasteiger charge is 2.29. The second kappa shape index (κ2) is 9.30. The Labute approximate surface area is 184 Å². The van der Waals surface area contributed by atoms with Crippen LogP contribution < -0.4 is 0 Å². The van der Waals surface area contributed by atoms with Gasteiger partial charge in [-0.15, -0.1) is 0 Å². The molecule has 8 heteroatoms. The van der Waals surface area contributed by atoms with Crippen molar-refractivity contribution in [2.24, 2.45) is 0 Å². The third-order valence-electron chi connectivity index (χ3n) is 4.95. The first-order chi connectivity index (χ1) is 15.7. The molecule has 0 unspecified atom stereocenters. The van der Waals surface area contributed by atoms with Crippen molar-refractivity contribution in [3.8, 4) is 33.6 Å². The first-order valence-electron chi connectivity index (χ1n) is 10.2. The van der Waals surface area contributed by atoms with E-state index in [1.165, 1.54) is 0 Å². The van der Waals surface area contributed by atoms with Gasteiger partial charge >= 0.3 is 11.9 Å². The number of aromatic amines is 2. The molecule has 2 N–H and O–H groups in total. The number of carbonyl (C=O) groups is 2. The molecule has 8 nitrogen and oxygen atoms in total. The van der Waals surface area contributed by atoms with Crippen molar-refractivity contribution < 1.29 is 19.1 Å². The molecule has 4 heterocycles. The van der Waals surface area contributed by atoms with Crippen molar-refractivity contribution in [3.05, 3.63) is 72.6 Å². The molecule has 32 heavy (non-hydrogen) atoms. The van der Waals surface area contributed by atoms with Gasteiger partial charge in [0.1, 0.15) is 0 Å². The van der Waals surface area contributed by atoms with E-state index in [1.807, 2.05) is 0 Å². The molecule has 162 valence electrons. The number of rotatable bonds is 7. The number of carbonyl (C=O) groups excluding carboxylic acids is 2. The molecule has 0 radical (unpaired) electrons. The van der Waals surface area contributed by atoms with E-state index in [4.69, 9.17) is 9.47 Å². The van der Waals surface area contributed by atoms with E-state index in [1.54, 1.807) is 75.3 Å². The number of aromatic nitrogens is 4. The Morgan fingerprint density at radius 2 is 1.09 bits per heavy atom. The SMILES string of the molecule is CCOC(=O)c1c(-c2ccncc2)c[nH]c1-c1[nH]cc(-c2ccncc2)c1C(=O)OCC. The minimum Gasteiger partial charge on any atom is -0.462 e. The van der Waals surface area contributed by atoms with E-state index >= 15 is 0 Å². The largest absolute Gasteiger partial charge is 0.462 e. The zero-order valence-electron chi connectivity index (χ0n) is 17.7. The molecule has 0 bridgehead atoms. The van der Waals surface area contributed by atoms with E-state index in [0.29, 0.717) is 33.6 Å². The fraction of sp³-hybridized carbons (Fsp3) is 0.167.